The van der Waals surface area contributed by atoms with Gasteiger partial charge < -0.3 is 15.3 Å². The summed E-state index contributed by atoms with van der Waals surface area (Å²) in [5, 5.41) is 29.6. The first-order valence-corrected chi connectivity index (χ1v) is 10.8. The molecule has 0 saturated heterocycles. The molecule has 1 aliphatic carbocycles. The number of allylic oxidation sites excluding steroid dienone is 1. The third kappa shape index (κ3) is 8.70. The first kappa shape index (κ1) is 24.6. The molecule has 0 aromatic heterocycles. The van der Waals surface area contributed by atoms with Gasteiger partial charge in [-0.05, 0) is 50.9 Å². The fourth-order valence-corrected chi connectivity index (χ4v) is 4.25. The third-order valence-electron chi connectivity index (χ3n) is 5.97. The number of carboxylic acid groups (broad SMARTS) is 1. The summed E-state index contributed by atoms with van der Waals surface area (Å²) >= 11 is 0. The van der Waals surface area contributed by atoms with Crippen molar-refractivity contribution >= 4 is 11.8 Å². The second kappa shape index (κ2) is 12.9. The minimum absolute atomic E-state index is 0.0354. The van der Waals surface area contributed by atoms with Crippen molar-refractivity contribution in [2.75, 3.05) is 0 Å². The average molecular weight is 395 g/mol. The van der Waals surface area contributed by atoms with Gasteiger partial charge in [-0.15, -0.1) is 6.58 Å². The molecule has 3 N–H and O–H groups in total. The van der Waals surface area contributed by atoms with Gasteiger partial charge in [0.05, 0.1) is 11.7 Å². The molecule has 5 heteroatoms. The van der Waals surface area contributed by atoms with E-state index in [1.165, 1.54) is 0 Å². The summed E-state index contributed by atoms with van der Waals surface area (Å²) in [6.45, 7) is 5.92. The van der Waals surface area contributed by atoms with Crippen molar-refractivity contribution in [2.45, 2.75) is 95.7 Å². The number of carbonyl (C=O) groups excluding carboxylic acids is 1. The molecule has 4 atom stereocenters. The second-order valence-electron chi connectivity index (χ2n) is 8.19. The van der Waals surface area contributed by atoms with Crippen LogP contribution in [-0.4, -0.2) is 38.8 Å². The molecule has 0 unspecified atom stereocenters. The van der Waals surface area contributed by atoms with Crippen molar-refractivity contribution in [2.24, 2.45) is 11.8 Å². The highest BCUT2D eigenvalue weighted by Gasteiger charge is 2.40. The van der Waals surface area contributed by atoms with E-state index >= 15 is 0 Å². The van der Waals surface area contributed by atoms with Crippen molar-refractivity contribution < 1.29 is 24.9 Å². The topological polar surface area (TPSA) is 94.8 Å². The fraction of sp³-hybridized carbons (Fsp3) is 0.739. The molecule has 1 rings (SSSR count). The zero-order valence-electron chi connectivity index (χ0n) is 17.3. The van der Waals surface area contributed by atoms with Gasteiger partial charge in [0.2, 0.25) is 0 Å². The van der Waals surface area contributed by atoms with Crippen LogP contribution in [0.3, 0.4) is 0 Å². The predicted octanol–water partition coefficient (Wildman–Crippen LogP) is 4.42. The van der Waals surface area contributed by atoms with Gasteiger partial charge in [-0.25, -0.2) is 4.79 Å². The smallest absolute Gasteiger partial charge is 0.327 e. The van der Waals surface area contributed by atoms with E-state index in [0.29, 0.717) is 19.3 Å². The zero-order chi connectivity index (χ0) is 21.0. The highest BCUT2D eigenvalue weighted by Crippen LogP contribution is 2.37. The first-order valence-electron chi connectivity index (χ1n) is 10.8. The van der Waals surface area contributed by atoms with Crippen molar-refractivity contribution in [3.63, 3.8) is 0 Å². The Labute approximate surface area is 169 Å². The lowest BCUT2D eigenvalue weighted by molar-refractivity contribution is -0.131. The molecule has 0 aromatic rings. The predicted molar refractivity (Wildman–Crippen MR) is 111 cm³/mol. The monoisotopic (exact) mass is 394 g/mol. The molecule has 0 spiro atoms. The Morgan fingerprint density at radius 2 is 1.89 bits per heavy atom. The molecule has 0 bridgehead atoms. The summed E-state index contributed by atoms with van der Waals surface area (Å²) in [6.07, 6.45) is 13.2. The maximum atomic E-state index is 12.3. The van der Waals surface area contributed by atoms with E-state index in [1.54, 1.807) is 12.2 Å². The lowest BCUT2D eigenvalue weighted by Crippen LogP contribution is -2.27. The van der Waals surface area contributed by atoms with Crippen LogP contribution in [0, 0.1) is 11.8 Å². The molecule has 0 heterocycles. The van der Waals surface area contributed by atoms with Gasteiger partial charge in [-0.3, -0.25) is 4.79 Å². The molecule has 1 fully saturated rings. The van der Waals surface area contributed by atoms with Crippen molar-refractivity contribution in [3.05, 3.63) is 24.8 Å². The summed E-state index contributed by atoms with van der Waals surface area (Å²) in [7, 11) is 0. The van der Waals surface area contributed by atoms with Gasteiger partial charge in [-0.2, -0.15) is 0 Å². The molecule has 0 amide bonds. The molecule has 5 nitrogen and oxygen atoms in total. The van der Waals surface area contributed by atoms with E-state index in [2.05, 4.69) is 13.5 Å². The van der Waals surface area contributed by atoms with Crippen LogP contribution in [-0.2, 0) is 9.59 Å². The minimum atomic E-state index is -0.941. The quantitative estimate of drug-likeness (QED) is 0.217. The van der Waals surface area contributed by atoms with Crippen LogP contribution in [0.25, 0.3) is 0 Å². The summed E-state index contributed by atoms with van der Waals surface area (Å²) in [6, 6.07) is 0. The van der Waals surface area contributed by atoms with Gasteiger partial charge in [0.1, 0.15) is 5.78 Å². The highest BCUT2D eigenvalue weighted by molar-refractivity contribution is 5.84. The van der Waals surface area contributed by atoms with Gasteiger partial charge in [0.15, 0.2) is 0 Å². The van der Waals surface area contributed by atoms with E-state index in [1.807, 2.05) is 0 Å². The summed E-state index contributed by atoms with van der Waals surface area (Å²) in [4.78, 5) is 22.7. The Morgan fingerprint density at radius 3 is 2.54 bits per heavy atom. The van der Waals surface area contributed by atoms with Crippen LogP contribution < -0.4 is 0 Å². The van der Waals surface area contributed by atoms with Crippen LogP contribution in [0.5, 0.6) is 0 Å². The number of aliphatic hydroxyl groups excluding tert-OH is 1. The van der Waals surface area contributed by atoms with Crippen LogP contribution in [0.4, 0.5) is 0 Å². The van der Waals surface area contributed by atoms with E-state index in [9.17, 15) is 19.8 Å². The molecule has 160 valence electrons. The number of aliphatic carboxylic acids is 1. The molecular weight excluding hydrogens is 356 g/mol. The maximum Gasteiger partial charge on any atom is 0.327 e. The van der Waals surface area contributed by atoms with Gasteiger partial charge in [-0.1, -0.05) is 44.8 Å². The Hall–Kier alpha value is -1.46. The van der Waals surface area contributed by atoms with E-state index in [4.69, 9.17) is 5.11 Å². The number of rotatable bonds is 15. The number of aliphatic hydroxyl groups is 2. The number of carboxylic acids is 1. The fourth-order valence-electron chi connectivity index (χ4n) is 4.25. The second-order valence-corrected chi connectivity index (χ2v) is 8.19. The Kier molecular flexibility index (Phi) is 11.3. The van der Waals surface area contributed by atoms with E-state index in [0.717, 1.165) is 57.4 Å². The van der Waals surface area contributed by atoms with Crippen LogP contribution in [0.2, 0.25) is 0 Å². The molecule has 0 aliphatic heterocycles. The number of hydrogen-bond donors (Lipinski definition) is 3. The summed E-state index contributed by atoms with van der Waals surface area (Å²) in [5.41, 5.74) is -0.852. The van der Waals surface area contributed by atoms with Crippen molar-refractivity contribution in [1.29, 1.82) is 0 Å². The summed E-state index contributed by atoms with van der Waals surface area (Å²) in [5.74, 6) is -0.953. The first-order chi connectivity index (χ1) is 13.3. The SMILES string of the molecule is C=C[C@@](O)(CCCCC)CCC[C@H]1[C@H](O)CC(=O)[C@@H]1CCCCC=CC(=O)O. The number of unbranched alkanes of at least 4 members (excludes halogenated alkanes) is 4. The Morgan fingerprint density at radius 1 is 1.18 bits per heavy atom. The third-order valence-corrected chi connectivity index (χ3v) is 5.97. The lowest BCUT2D eigenvalue weighted by atomic mass is 9.83. The van der Waals surface area contributed by atoms with Gasteiger partial charge >= 0.3 is 5.97 Å². The lowest BCUT2D eigenvalue weighted by Gasteiger charge is -2.26. The maximum absolute atomic E-state index is 12.3. The van der Waals surface area contributed by atoms with Gasteiger partial charge in [0.25, 0.3) is 0 Å². The molecule has 1 aliphatic rings. The highest BCUT2D eigenvalue weighted by atomic mass is 16.4. The number of hydrogen-bond acceptors (Lipinski definition) is 4. The van der Waals surface area contributed by atoms with E-state index < -0.39 is 17.7 Å². The summed E-state index contributed by atoms with van der Waals surface area (Å²) < 4.78 is 0. The zero-order valence-corrected chi connectivity index (χ0v) is 17.3. The number of ketones is 1. The van der Waals surface area contributed by atoms with Crippen molar-refractivity contribution in [3.8, 4) is 0 Å². The Bertz CT molecular complexity index is 527. The Balaban J connectivity index is 2.44. The molecule has 0 aromatic carbocycles. The van der Waals surface area contributed by atoms with Crippen molar-refractivity contribution in [1.82, 2.24) is 0 Å². The minimum Gasteiger partial charge on any atom is -0.478 e. The van der Waals surface area contributed by atoms with Crippen LogP contribution >= 0.6 is 0 Å². The van der Waals surface area contributed by atoms with E-state index in [-0.39, 0.29) is 24.0 Å². The van der Waals surface area contributed by atoms with Gasteiger partial charge in [0, 0.05) is 18.4 Å². The van der Waals surface area contributed by atoms with Crippen LogP contribution in [0.15, 0.2) is 24.8 Å². The largest absolute Gasteiger partial charge is 0.478 e. The number of carbonyl (C=O) groups is 2. The average Bonchev–Trinajstić information content (AvgIpc) is 2.91. The molecule has 28 heavy (non-hydrogen) atoms. The standard InChI is InChI=1S/C23H38O5/c1-3-5-10-15-23(28,4-2)16-11-13-19-18(20(24)17-21(19)25)12-8-6-7-9-14-22(26)27/h4,9,14,18-19,21,25,28H,2-3,5-8,10-13,15-17H2,1H3,(H,26,27)/t18-,19-,21-,23-/m1/s1. The van der Waals surface area contributed by atoms with Crippen LogP contribution in [0.1, 0.15) is 84.0 Å². The molecule has 0 radical (unpaired) electrons. The molecular formula is C23H38O5. The number of Topliss-reactive ketones (excluding diaryl/α,β-unsaturated/α-hetero) is 1. The normalized spacial score (nSPS) is 24.5. The molecule has 1 saturated carbocycles.